The van der Waals surface area contributed by atoms with Crippen LogP contribution in [0.25, 0.3) is 0 Å². The van der Waals surface area contributed by atoms with Crippen LogP contribution in [0.4, 0.5) is 16.2 Å². The molecule has 0 radical (unpaired) electrons. The fourth-order valence-electron chi connectivity index (χ4n) is 3.03. The molecule has 1 aliphatic rings. The molecule has 0 aromatic heterocycles. The Morgan fingerprint density at radius 1 is 0.840 bits per heavy atom. The van der Waals surface area contributed by atoms with Gasteiger partial charge in [-0.1, -0.05) is 24.3 Å². The molecule has 1 aliphatic heterocycles. The van der Waals surface area contributed by atoms with Crippen molar-refractivity contribution in [1.82, 2.24) is 0 Å². The smallest absolute Gasteiger partial charge is 0.328 e. The van der Waals surface area contributed by atoms with Gasteiger partial charge in [-0.3, -0.25) is 4.79 Å². The Morgan fingerprint density at radius 3 is 1.88 bits per heavy atom. The van der Waals surface area contributed by atoms with E-state index in [1.165, 1.54) is 19.1 Å². The first kappa shape index (κ1) is 17.1. The second-order valence-corrected chi connectivity index (χ2v) is 5.93. The van der Waals surface area contributed by atoms with Gasteiger partial charge in [-0.05, 0) is 49.2 Å². The molecule has 0 N–H and O–H groups in total. The average molecular weight is 340 g/mol. The summed E-state index contributed by atoms with van der Waals surface area (Å²) in [6, 6.07) is 13.9. The van der Waals surface area contributed by atoms with Crippen molar-refractivity contribution in [2.24, 2.45) is 0 Å². The highest BCUT2D eigenvalue weighted by atomic mass is 16.7. The molecule has 1 heterocycles. The first-order chi connectivity index (χ1) is 11.9. The predicted molar refractivity (Wildman–Crippen MR) is 94.5 cm³/mol. The SMILES string of the molecule is COC1(OC)C(=O)N(c2cccc(C)c2)C(=O)N1c1cccc(C)c1. The monoisotopic (exact) mass is 340 g/mol. The maximum absolute atomic E-state index is 13.1. The van der Waals surface area contributed by atoms with Gasteiger partial charge in [-0.25, -0.2) is 14.6 Å². The quantitative estimate of drug-likeness (QED) is 0.633. The van der Waals surface area contributed by atoms with Crippen molar-refractivity contribution in [3.05, 3.63) is 59.7 Å². The van der Waals surface area contributed by atoms with Gasteiger partial charge in [0.15, 0.2) is 0 Å². The number of benzene rings is 2. The van der Waals surface area contributed by atoms with Crippen LogP contribution in [-0.4, -0.2) is 32.1 Å². The first-order valence-electron chi connectivity index (χ1n) is 7.87. The van der Waals surface area contributed by atoms with Crippen molar-refractivity contribution in [2.45, 2.75) is 19.8 Å². The number of methoxy groups -OCH3 is 2. The van der Waals surface area contributed by atoms with Gasteiger partial charge in [0.25, 0.3) is 0 Å². The molecule has 0 atom stereocenters. The fourth-order valence-corrected chi connectivity index (χ4v) is 3.03. The number of aryl methyl sites for hydroxylation is 2. The molecule has 3 rings (SSSR count). The molecule has 6 heteroatoms. The average Bonchev–Trinajstić information content (AvgIpc) is 2.82. The van der Waals surface area contributed by atoms with Crippen LogP contribution < -0.4 is 9.80 Å². The van der Waals surface area contributed by atoms with Crippen LogP contribution in [0.2, 0.25) is 0 Å². The third kappa shape index (κ3) is 2.59. The van der Waals surface area contributed by atoms with Crippen LogP contribution in [0.5, 0.6) is 0 Å². The Balaban J connectivity index is 2.17. The summed E-state index contributed by atoms with van der Waals surface area (Å²) in [6.07, 6.45) is 0. The molecule has 2 aromatic rings. The van der Waals surface area contributed by atoms with Crippen molar-refractivity contribution in [2.75, 3.05) is 24.0 Å². The Bertz CT molecular complexity index is 830. The third-order valence-electron chi connectivity index (χ3n) is 4.22. The standard InChI is InChI=1S/C19H20N2O4/c1-13-7-5-9-15(11-13)20-17(22)19(24-3,25-4)21(18(20)23)16-10-6-8-14(2)12-16/h5-12H,1-4H3. The third-order valence-corrected chi connectivity index (χ3v) is 4.22. The molecular weight excluding hydrogens is 320 g/mol. The molecule has 3 amide bonds. The van der Waals surface area contributed by atoms with E-state index in [1.54, 1.807) is 30.3 Å². The lowest BCUT2D eigenvalue weighted by Gasteiger charge is -2.31. The van der Waals surface area contributed by atoms with E-state index in [0.717, 1.165) is 16.0 Å². The molecule has 0 bridgehead atoms. The molecule has 0 spiro atoms. The number of anilines is 2. The highest BCUT2D eigenvalue weighted by molar-refractivity contribution is 6.29. The van der Waals surface area contributed by atoms with E-state index < -0.39 is 17.8 Å². The minimum absolute atomic E-state index is 0.476. The van der Waals surface area contributed by atoms with E-state index in [1.807, 2.05) is 32.0 Å². The van der Waals surface area contributed by atoms with Crippen molar-refractivity contribution >= 4 is 23.3 Å². The van der Waals surface area contributed by atoms with Gasteiger partial charge in [0.05, 0.1) is 11.4 Å². The summed E-state index contributed by atoms with van der Waals surface area (Å²) < 4.78 is 10.8. The molecule has 0 unspecified atom stereocenters. The molecule has 25 heavy (non-hydrogen) atoms. The number of imide groups is 1. The maximum Gasteiger partial charge on any atom is 0.344 e. The zero-order valence-electron chi connectivity index (χ0n) is 14.6. The first-order valence-corrected chi connectivity index (χ1v) is 7.87. The minimum Gasteiger partial charge on any atom is -0.328 e. The Hall–Kier alpha value is -2.70. The number of urea groups is 1. The zero-order valence-corrected chi connectivity index (χ0v) is 14.6. The molecule has 6 nitrogen and oxygen atoms in total. The van der Waals surface area contributed by atoms with Crippen LogP contribution in [0.1, 0.15) is 11.1 Å². The van der Waals surface area contributed by atoms with Crippen LogP contribution >= 0.6 is 0 Å². The van der Waals surface area contributed by atoms with Gasteiger partial charge in [0.2, 0.25) is 0 Å². The molecule has 2 aromatic carbocycles. The highest BCUT2D eigenvalue weighted by Crippen LogP contribution is 2.37. The molecule has 0 aliphatic carbocycles. The molecule has 1 fully saturated rings. The van der Waals surface area contributed by atoms with E-state index in [-0.39, 0.29) is 0 Å². The van der Waals surface area contributed by atoms with Crippen molar-refractivity contribution in [1.29, 1.82) is 0 Å². The maximum atomic E-state index is 13.1. The summed E-state index contributed by atoms with van der Waals surface area (Å²) in [6.45, 7) is 3.80. The number of carbonyl (C=O) groups excluding carboxylic acids is 2. The molecule has 130 valence electrons. The van der Waals surface area contributed by atoms with Crippen molar-refractivity contribution in [3.8, 4) is 0 Å². The molecule has 0 saturated carbocycles. The van der Waals surface area contributed by atoms with Gasteiger partial charge in [-0.2, -0.15) is 0 Å². The largest absolute Gasteiger partial charge is 0.344 e. The number of hydrogen-bond donors (Lipinski definition) is 0. The van der Waals surface area contributed by atoms with Gasteiger partial charge in [-0.15, -0.1) is 0 Å². The summed E-state index contributed by atoms with van der Waals surface area (Å²) in [5, 5.41) is 0. The molecular formula is C19H20N2O4. The topological polar surface area (TPSA) is 59.1 Å². The fraction of sp³-hybridized carbons (Fsp3) is 0.263. The van der Waals surface area contributed by atoms with E-state index in [0.29, 0.717) is 11.4 Å². The van der Waals surface area contributed by atoms with Gasteiger partial charge in [0, 0.05) is 14.2 Å². The highest BCUT2D eigenvalue weighted by Gasteiger charge is 2.60. The summed E-state index contributed by atoms with van der Waals surface area (Å²) in [5.41, 5.74) is 2.89. The van der Waals surface area contributed by atoms with Crippen LogP contribution in [-0.2, 0) is 14.3 Å². The zero-order chi connectivity index (χ0) is 18.2. The van der Waals surface area contributed by atoms with Crippen LogP contribution in [0.15, 0.2) is 48.5 Å². The number of rotatable bonds is 4. The van der Waals surface area contributed by atoms with Crippen molar-refractivity contribution < 1.29 is 19.1 Å². The lowest BCUT2D eigenvalue weighted by molar-refractivity contribution is -0.197. The van der Waals surface area contributed by atoms with Gasteiger partial charge in [0.1, 0.15) is 0 Å². The summed E-state index contributed by atoms with van der Waals surface area (Å²) in [4.78, 5) is 28.6. The summed E-state index contributed by atoms with van der Waals surface area (Å²) in [7, 11) is 2.69. The van der Waals surface area contributed by atoms with E-state index in [2.05, 4.69) is 0 Å². The summed E-state index contributed by atoms with van der Waals surface area (Å²) >= 11 is 0. The summed E-state index contributed by atoms with van der Waals surface area (Å²) in [5.74, 6) is -2.43. The predicted octanol–water partition coefficient (Wildman–Crippen LogP) is 3.22. The van der Waals surface area contributed by atoms with E-state index in [9.17, 15) is 9.59 Å². The lowest BCUT2D eigenvalue weighted by atomic mass is 10.2. The Morgan fingerprint density at radius 2 is 1.36 bits per heavy atom. The van der Waals surface area contributed by atoms with Crippen molar-refractivity contribution in [3.63, 3.8) is 0 Å². The second kappa shape index (κ2) is 6.31. The number of amides is 3. The van der Waals surface area contributed by atoms with Crippen LogP contribution in [0, 0.1) is 13.8 Å². The lowest BCUT2D eigenvalue weighted by Crippen LogP contribution is -2.53. The molecule has 1 saturated heterocycles. The minimum atomic E-state index is -1.84. The normalized spacial score (nSPS) is 16.6. The van der Waals surface area contributed by atoms with Gasteiger partial charge < -0.3 is 9.47 Å². The number of nitrogens with zero attached hydrogens (tertiary/aromatic N) is 2. The van der Waals surface area contributed by atoms with E-state index in [4.69, 9.17) is 9.47 Å². The van der Waals surface area contributed by atoms with Crippen LogP contribution in [0.3, 0.4) is 0 Å². The number of hydrogen-bond acceptors (Lipinski definition) is 4. The Kier molecular flexibility index (Phi) is 4.32. The second-order valence-electron chi connectivity index (χ2n) is 5.93. The Labute approximate surface area is 146 Å². The number of ether oxygens (including phenoxy) is 2. The van der Waals surface area contributed by atoms with E-state index >= 15 is 0 Å². The number of carbonyl (C=O) groups is 2. The van der Waals surface area contributed by atoms with Gasteiger partial charge >= 0.3 is 17.8 Å².